The van der Waals surface area contributed by atoms with E-state index in [9.17, 15) is 21.6 Å². The maximum absolute atomic E-state index is 13.1. The summed E-state index contributed by atoms with van der Waals surface area (Å²) in [5.41, 5.74) is 1.22. The van der Waals surface area contributed by atoms with Crippen molar-refractivity contribution in [3.05, 3.63) is 59.2 Å². The molecular weight excluding hydrogens is 473 g/mol. The first-order valence-corrected chi connectivity index (χ1v) is 12.0. The fourth-order valence-electron chi connectivity index (χ4n) is 3.42. The first-order chi connectivity index (χ1) is 15.9. The van der Waals surface area contributed by atoms with Crippen LogP contribution in [0.1, 0.15) is 28.4 Å². The molecule has 3 aromatic rings. The van der Waals surface area contributed by atoms with E-state index in [4.69, 9.17) is 9.47 Å². The van der Waals surface area contributed by atoms with Crippen LogP contribution in [-0.4, -0.2) is 42.8 Å². The SMILES string of the molecule is Cc1cc(C(F)(F)F)nc(C)c1Oc1nc(-c2cncc(C3COC3)c2)ccc1NS(C)(=O)=O. The summed E-state index contributed by atoms with van der Waals surface area (Å²) in [7, 11) is -3.69. The Labute approximate surface area is 194 Å². The number of pyridine rings is 3. The number of hydrogen-bond acceptors (Lipinski definition) is 7. The van der Waals surface area contributed by atoms with Gasteiger partial charge in [0.1, 0.15) is 11.4 Å². The van der Waals surface area contributed by atoms with Gasteiger partial charge in [0.2, 0.25) is 15.9 Å². The average molecular weight is 494 g/mol. The maximum atomic E-state index is 13.1. The molecule has 12 heteroatoms. The number of nitrogens with one attached hydrogen (secondary N) is 1. The van der Waals surface area contributed by atoms with Crippen LogP contribution in [-0.2, 0) is 20.9 Å². The molecule has 0 bridgehead atoms. The van der Waals surface area contributed by atoms with Crippen LogP contribution in [0.25, 0.3) is 11.3 Å². The number of hydrogen-bond donors (Lipinski definition) is 1. The van der Waals surface area contributed by atoms with Gasteiger partial charge in [-0.05, 0) is 49.2 Å². The number of anilines is 1. The molecule has 1 aliphatic rings. The summed E-state index contributed by atoms with van der Waals surface area (Å²) in [5.74, 6) is 0.152. The fourth-order valence-corrected chi connectivity index (χ4v) is 3.98. The molecule has 3 aromatic heterocycles. The van der Waals surface area contributed by atoms with Gasteiger partial charge < -0.3 is 9.47 Å². The molecule has 0 aliphatic carbocycles. The summed E-state index contributed by atoms with van der Waals surface area (Å²) in [6.07, 6.45) is -0.295. The first kappa shape index (κ1) is 23.9. The Hall–Kier alpha value is -3.25. The number of aryl methyl sites for hydroxylation is 2. The summed E-state index contributed by atoms with van der Waals surface area (Å²) in [6, 6.07) is 5.85. The topological polar surface area (TPSA) is 103 Å². The highest BCUT2D eigenvalue weighted by molar-refractivity contribution is 7.92. The predicted octanol–water partition coefficient (Wildman–Crippen LogP) is 4.45. The number of alkyl halides is 3. The van der Waals surface area contributed by atoms with Gasteiger partial charge in [-0.15, -0.1) is 0 Å². The van der Waals surface area contributed by atoms with Gasteiger partial charge >= 0.3 is 6.18 Å². The van der Waals surface area contributed by atoms with Gasteiger partial charge in [0.05, 0.1) is 30.9 Å². The van der Waals surface area contributed by atoms with Crippen molar-refractivity contribution in [2.75, 3.05) is 24.2 Å². The van der Waals surface area contributed by atoms with E-state index >= 15 is 0 Å². The lowest BCUT2D eigenvalue weighted by atomic mass is 9.97. The van der Waals surface area contributed by atoms with Crippen LogP contribution in [0.3, 0.4) is 0 Å². The van der Waals surface area contributed by atoms with E-state index in [0.717, 1.165) is 17.9 Å². The van der Waals surface area contributed by atoms with Crippen LogP contribution < -0.4 is 9.46 Å². The van der Waals surface area contributed by atoms with Crippen molar-refractivity contribution >= 4 is 15.7 Å². The molecule has 4 rings (SSSR count). The summed E-state index contributed by atoms with van der Waals surface area (Å²) in [5, 5.41) is 0. The molecule has 0 atom stereocenters. The quantitative estimate of drug-likeness (QED) is 0.540. The predicted molar refractivity (Wildman–Crippen MR) is 118 cm³/mol. The monoisotopic (exact) mass is 494 g/mol. The highest BCUT2D eigenvalue weighted by Crippen LogP contribution is 2.37. The molecule has 8 nitrogen and oxygen atoms in total. The lowest BCUT2D eigenvalue weighted by molar-refractivity contribution is -0.141. The molecule has 0 spiro atoms. The molecule has 0 amide bonds. The molecule has 180 valence electrons. The minimum Gasteiger partial charge on any atom is -0.435 e. The zero-order valence-electron chi connectivity index (χ0n) is 18.5. The van der Waals surface area contributed by atoms with E-state index in [2.05, 4.69) is 19.7 Å². The van der Waals surface area contributed by atoms with Crippen LogP contribution >= 0.6 is 0 Å². The summed E-state index contributed by atoms with van der Waals surface area (Å²) >= 11 is 0. The second-order valence-corrected chi connectivity index (χ2v) is 9.75. The summed E-state index contributed by atoms with van der Waals surface area (Å²) in [6.45, 7) is 4.02. The Morgan fingerprint density at radius 2 is 1.85 bits per heavy atom. The van der Waals surface area contributed by atoms with Crippen molar-refractivity contribution in [3.8, 4) is 22.9 Å². The van der Waals surface area contributed by atoms with E-state index in [-0.39, 0.29) is 34.5 Å². The zero-order chi connectivity index (χ0) is 24.7. The number of nitrogens with zero attached hydrogens (tertiary/aromatic N) is 3. The molecule has 0 saturated carbocycles. The van der Waals surface area contributed by atoms with Crippen molar-refractivity contribution in [1.29, 1.82) is 0 Å². The van der Waals surface area contributed by atoms with Crippen LogP contribution in [0.2, 0.25) is 0 Å². The van der Waals surface area contributed by atoms with Crippen molar-refractivity contribution in [2.45, 2.75) is 25.9 Å². The molecule has 4 heterocycles. The number of sulfonamides is 1. The Balaban J connectivity index is 1.76. The molecule has 1 fully saturated rings. The maximum Gasteiger partial charge on any atom is 0.433 e. The van der Waals surface area contributed by atoms with Crippen molar-refractivity contribution in [1.82, 2.24) is 15.0 Å². The minimum atomic E-state index is -4.61. The van der Waals surface area contributed by atoms with E-state index in [1.54, 1.807) is 18.5 Å². The molecule has 0 unspecified atom stereocenters. The number of aromatic nitrogens is 3. The molecule has 0 aromatic carbocycles. The minimum absolute atomic E-state index is 0.0153. The van der Waals surface area contributed by atoms with Gasteiger partial charge in [-0.2, -0.15) is 13.2 Å². The third kappa shape index (κ3) is 5.28. The Morgan fingerprint density at radius 1 is 1.12 bits per heavy atom. The second-order valence-electron chi connectivity index (χ2n) is 8.00. The zero-order valence-corrected chi connectivity index (χ0v) is 19.3. The Morgan fingerprint density at radius 3 is 2.44 bits per heavy atom. The highest BCUT2D eigenvalue weighted by Gasteiger charge is 2.34. The summed E-state index contributed by atoms with van der Waals surface area (Å²) < 4.78 is 76.4. The van der Waals surface area contributed by atoms with Gasteiger partial charge in [0.15, 0.2) is 5.75 Å². The van der Waals surface area contributed by atoms with Gasteiger partial charge in [0.25, 0.3) is 0 Å². The molecule has 1 N–H and O–H groups in total. The first-order valence-electron chi connectivity index (χ1n) is 10.2. The largest absolute Gasteiger partial charge is 0.435 e. The van der Waals surface area contributed by atoms with Gasteiger partial charge in [0, 0.05) is 23.9 Å². The number of rotatable bonds is 6. The lowest BCUT2D eigenvalue weighted by Gasteiger charge is -2.26. The van der Waals surface area contributed by atoms with E-state index in [0.29, 0.717) is 24.5 Å². The van der Waals surface area contributed by atoms with E-state index in [1.165, 1.54) is 19.9 Å². The smallest absolute Gasteiger partial charge is 0.433 e. The van der Waals surface area contributed by atoms with E-state index < -0.39 is 21.9 Å². The third-order valence-corrected chi connectivity index (χ3v) is 5.73. The molecule has 0 radical (unpaired) electrons. The van der Waals surface area contributed by atoms with Gasteiger partial charge in [-0.1, -0.05) is 0 Å². The van der Waals surface area contributed by atoms with Crippen LogP contribution in [0.5, 0.6) is 11.6 Å². The lowest BCUT2D eigenvalue weighted by Crippen LogP contribution is -2.25. The summed E-state index contributed by atoms with van der Waals surface area (Å²) in [4.78, 5) is 12.3. The van der Waals surface area contributed by atoms with Crippen LogP contribution in [0.15, 0.2) is 36.7 Å². The van der Waals surface area contributed by atoms with Crippen molar-refractivity contribution < 1.29 is 31.1 Å². The van der Waals surface area contributed by atoms with Crippen molar-refractivity contribution in [2.24, 2.45) is 0 Å². The fraction of sp³-hybridized carbons (Fsp3) is 0.318. The molecule has 1 aliphatic heterocycles. The number of ether oxygens (including phenoxy) is 2. The second kappa shape index (κ2) is 8.84. The normalized spacial score (nSPS) is 14.5. The molecule has 1 saturated heterocycles. The Kier molecular flexibility index (Phi) is 6.21. The average Bonchev–Trinajstić information content (AvgIpc) is 2.69. The van der Waals surface area contributed by atoms with E-state index in [1.807, 2.05) is 6.07 Å². The third-order valence-electron chi connectivity index (χ3n) is 5.14. The van der Waals surface area contributed by atoms with Crippen LogP contribution in [0, 0.1) is 13.8 Å². The molecular formula is C22H21F3N4O4S. The van der Waals surface area contributed by atoms with Gasteiger partial charge in [-0.25, -0.2) is 18.4 Å². The number of halogens is 3. The van der Waals surface area contributed by atoms with Crippen molar-refractivity contribution in [3.63, 3.8) is 0 Å². The Bertz CT molecular complexity index is 1320. The highest BCUT2D eigenvalue weighted by atomic mass is 32.2. The standard InChI is InChI=1S/C22H21F3N4O4S/c1-12-6-19(22(23,24)25)27-13(2)20(12)33-21-18(29-34(3,30)31)5-4-17(28-21)15-7-14(8-26-9-15)16-10-32-11-16/h4-9,16,29H,10-11H2,1-3H3. The van der Waals surface area contributed by atoms with Gasteiger partial charge in [-0.3, -0.25) is 9.71 Å². The van der Waals surface area contributed by atoms with Crippen LogP contribution in [0.4, 0.5) is 18.9 Å². The molecule has 34 heavy (non-hydrogen) atoms.